The SMILES string of the molecule is COc1ccc2nc3c(nc2c1)O[C@H]1CN(C(=O)[C@H](C(C)(C)C)NC(=O)O[C@]2(C)C[C@H]2CCCC=C3)[C@H](C(=O)OCC(C)C)[C@@H]1C. The van der Waals surface area contributed by atoms with Gasteiger partial charge in [0.25, 0.3) is 0 Å². The molecule has 1 saturated carbocycles. The van der Waals surface area contributed by atoms with Crippen molar-refractivity contribution in [3.8, 4) is 11.6 Å². The number of hydrogen-bond acceptors (Lipinski definition) is 9. The third-order valence-electron chi connectivity index (χ3n) is 9.26. The van der Waals surface area contributed by atoms with E-state index in [9.17, 15) is 14.4 Å². The summed E-state index contributed by atoms with van der Waals surface area (Å²) in [5.41, 5.74) is 0.595. The van der Waals surface area contributed by atoms with Gasteiger partial charge in [-0.1, -0.05) is 47.6 Å². The van der Waals surface area contributed by atoms with Crippen molar-refractivity contribution in [2.45, 2.75) is 97.9 Å². The number of alkyl carbamates (subject to hydrolysis) is 1. The first-order valence-corrected chi connectivity index (χ1v) is 16.4. The Balaban J connectivity index is 1.56. The van der Waals surface area contributed by atoms with E-state index in [1.807, 2.05) is 66.7 Å². The van der Waals surface area contributed by atoms with Crippen LogP contribution in [0.1, 0.15) is 79.8 Å². The van der Waals surface area contributed by atoms with E-state index in [0.29, 0.717) is 28.4 Å². The number of aromatic nitrogens is 2. The molecular weight excluding hydrogens is 588 g/mol. The Labute approximate surface area is 271 Å². The Hall–Kier alpha value is -3.89. The maximum Gasteiger partial charge on any atom is 0.408 e. The fourth-order valence-electron chi connectivity index (χ4n) is 6.32. The summed E-state index contributed by atoms with van der Waals surface area (Å²) in [5, 5.41) is 2.86. The molecule has 3 aliphatic rings. The highest BCUT2D eigenvalue weighted by Crippen LogP contribution is 2.49. The van der Waals surface area contributed by atoms with E-state index in [-0.39, 0.29) is 25.0 Å². The second kappa shape index (κ2) is 13.1. The molecule has 0 spiro atoms. The molecule has 1 aromatic carbocycles. The molecule has 2 amide bonds. The fraction of sp³-hybridized carbons (Fsp3) is 0.629. The average molecular weight is 637 g/mol. The predicted octanol–water partition coefficient (Wildman–Crippen LogP) is 5.55. The lowest BCUT2D eigenvalue weighted by molar-refractivity contribution is -0.156. The van der Waals surface area contributed by atoms with Gasteiger partial charge in [-0.3, -0.25) is 4.79 Å². The quantitative estimate of drug-likeness (QED) is 0.430. The van der Waals surface area contributed by atoms with E-state index >= 15 is 0 Å². The third kappa shape index (κ3) is 7.23. The zero-order chi connectivity index (χ0) is 33.4. The molecule has 1 N–H and O–H groups in total. The molecule has 0 radical (unpaired) electrons. The molecule has 6 atom stereocenters. The van der Waals surface area contributed by atoms with Gasteiger partial charge in [-0.15, -0.1) is 0 Å². The number of benzene rings is 1. The van der Waals surface area contributed by atoms with Gasteiger partial charge < -0.3 is 29.2 Å². The number of nitrogens with zero attached hydrogens (tertiary/aromatic N) is 3. The van der Waals surface area contributed by atoms with E-state index in [4.69, 9.17) is 28.9 Å². The van der Waals surface area contributed by atoms with Crippen LogP contribution >= 0.6 is 0 Å². The lowest BCUT2D eigenvalue weighted by Gasteiger charge is -2.35. The fourth-order valence-corrected chi connectivity index (χ4v) is 6.32. The highest BCUT2D eigenvalue weighted by molar-refractivity contribution is 5.91. The largest absolute Gasteiger partial charge is 0.497 e. The summed E-state index contributed by atoms with van der Waals surface area (Å²) in [6.07, 6.45) is 6.11. The molecule has 2 fully saturated rings. The Kier molecular flexibility index (Phi) is 9.52. The monoisotopic (exact) mass is 636 g/mol. The van der Waals surface area contributed by atoms with Gasteiger partial charge in [0.15, 0.2) is 0 Å². The number of amides is 2. The topological polar surface area (TPSA) is 129 Å². The smallest absolute Gasteiger partial charge is 0.408 e. The predicted molar refractivity (Wildman–Crippen MR) is 173 cm³/mol. The average Bonchev–Trinajstić information content (AvgIpc) is 3.50. The van der Waals surface area contributed by atoms with Gasteiger partial charge in [-0.2, -0.15) is 0 Å². The molecule has 11 heteroatoms. The molecule has 2 aliphatic heterocycles. The molecule has 5 rings (SSSR count). The number of allylic oxidation sites excluding steroid dienone is 1. The van der Waals surface area contributed by atoms with Crippen LogP contribution in [0.25, 0.3) is 17.1 Å². The van der Waals surface area contributed by atoms with Crippen LogP contribution in [0.4, 0.5) is 4.79 Å². The number of carbonyl (C=O) groups excluding carboxylic acids is 3. The van der Waals surface area contributed by atoms with Gasteiger partial charge in [0.1, 0.15) is 35.2 Å². The van der Waals surface area contributed by atoms with Gasteiger partial charge in [0, 0.05) is 17.9 Å². The van der Waals surface area contributed by atoms with Gasteiger partial charge in [0.05, 0.1) is 31.3 Å². The van der Waals surface area contributed by atoms with Crippen LogP contribution in [0.2, 0.25) is 0 Å². The molecule has 2 aromatic rings. The Morgan fingerprint density at radius 1 is 1.20 bits per heavy atom. The van der Waals surface area contributed by atoms with Crippen molar-refractivity contribution in [1.29, 1.82) is 0 Å². The van der Waals surface area contributed by atoms with Crippen LogP contribution in [0.5, 0.6) is 11.6 Å². The first-order valence-electron chi connectivity index (χ1n) is 16.4. The first kappa shape index (κ1) is 33.5. The minimum Gasteiger partial charge on any atom is -0.497 e. The highest BCUT2D eigenvalue weighted by Gasteiger charge is 2.54. The van der Waals surface area contributed by atoms with Crippen molar-refractivity contribution in [3.05, 3.63) is 30.0 Å². The van der Waals surface area contributed by atoms with Crippen molar-refractivity contribution in [3.63, 3.8) is 0 Å². The van der Waals surface area contributed by atoms with Crippen LogP contribution in [-0.4, -0.2) is 76.9 Å². The van der Waals surface area contributed by atoms with Crippen LogP contribution in [0.3, 0.4) is 0 Å². The second-order valence-electron chi connectivity index (χ2n) is 14.6. The Morgan fingerprint density at radius 3 is 2.65 bits per heavy atom. The van der Waals surface area contributed by atoms with Gasteiger partial charge in [-0.25, -0.2) is 19.6 Å². The minimum atomic E-state index is -0.961. The zero-order valence-corrected chi connectivity index (χ0v) is 28.3. The van der Waals surface area contributed by atoms with E-state index in [2.05, 4.69) is 11.4 Å². The maximum atomic E-state index is 14.4. The van der Waals surface area contributed by atoms with Crippen LogP contribution in [0.15, 0.2) is 24.3 Å². The summed E-state index contributed by atoms with van der Waals surface area (Å²) in [6.45, 7) is 13.7. The van der Waals surface area contributed by atoms with Crippen molar-refractivity contribution >= 4 is 35.1 Å². The van der Waals surface area contributed by atoms with E-state index in [1.165, 1.54) is 4.90 Å². The molecule has 46 heavy (non-hydrogen) atoms. The molecule has 3 heterocycles. The van der Waals surface area contributed by atoms with E-state index in [1.54, 1.807) is 13.2 Å². The minimum absolute atomic E-state index is 0.0888. The molecule has 11 nitrogen and oxygen atoms in total. The molecule has 1 aliphatic carbocycles. The summed E-state index contributed by atoms with van der Waals surface area (Å²) in [5.74, 6) is -0.0604. The molecule has 250 valence electrons. The first-order chi connectivity index (χ1) is 21.7. The van der Waals surface area contributed by atoms with Crippen LogP contribution < -0.4 is 14.8 Å². The highest BCUT2D eigenvalue weighted by atomic mass is 16.6. The summed E-state index contributed by atoms with van der Waals surface area (Å²) in [6, 6.07) is 3.60. The van der Waals surface area contributed by atoms with Crippen molar-refractivity contribution in [2.24, 2.45) is 23.2 Å². The van der Waals surface area contributed by atoms with Crippen LogP contribution in [-0.2, 0) is 19.1 Å². The number of methoxy groups -OCH3 is 1. The summed E-state index contributed by atoms with van der Waals surface area (Å²) in [4.78, 5) is 52.4. The molecular formula is C35H48N4O7. The number of hydrogen-bond donors (Lipinski definition) is 1. The molecule has 1 saturated heterocycles. The molecule has 2 bridgehead atoms. The van der Waals surface area contributed by atoms with Crippen LogP contribution in [0, 0.1) is 23.2 Å². The zero-order valence-electron chi connectivity index (χ0n) is 28.3. The lowest BCUT2D eigenvalue weighted by Crippen LogP contribution is -2.57. The number of rotatable bonds is 4. The molecule has 1 aromatic heterocycles. The Morgan fingerprint density at radius 2 is 1.96 bits per heavy atom. The Bertz CT molecular complexity index is 1500. The number of carbonyl (C=O) groups is 3. The number of nitrogens with one attached hydrogen (secondary N) is 1. The van der Waals surface area contributed by atoms with Crippen molar-refractivity contribution in [2.75, 3.05) is 20.3 Å². The lowest BCUT2D eigenvalue weighted by atomic mass is 9.85. The van der Waals surface area contributed by atoms with E-state index in [0.717, 1.165) is 25.7 Å². The van der Waals surface area contributed by atoms with E-state index < -0.39 is 53.1 Å². The number of ether oxygens (including phenoxy) is 4. The molecule has 0 unspecified atom stereocenters. The second-order valence-corrected chi connectivity index (χ2v) is 14.6. The number of esters is 1. The van der Waals surface area contributed by atoms with Crippen molar-refractivity contribution < 1.29 is 33.3 Å². The standard InChI is InChI=1S/C35H48N4O7/c1-20(2)19-44-32(41)28-21(3)27-18-39(28)31(40)29(34(4,5)6)38-33(42)46-35(7)17-22(35)12-10-9-11-13-25-30(45-27)37-26-16-23(43-8)14-15-24(26)36-25/h11,13-16,20-22,27-29H,9-10,12,17-19H2,1-8H3,(H,38,42)/t21-,22-,27+,28+,29-,35-/m1/s1. The van der Waals surface area contributed by atoms with Crippen molar-refractivity contribution in [1.82, 2.24) is 20.2 Å². The number of fused-ring (bicyclic) bond motifs is 5. The van der Waals surface area contributed by atoms with Gasteiger partial charge in [0.2, 0.25) is 11.8 Å². The third-order valence-corrected chi connectivity index (χ3v) is 9.26. The van der Waals surface area contributed by atoms with Gasteiger partial charge in [-0.05, 0) is 62.1 Å². The summed E-state index contributed by atoms with van der Waals surface area (Å²) in [7, 11) is 1.59. The maximum absolute atomic E-state index is 14.4. The summed E-state index contributed by atoms with van der Waals surface area (Å²) >= 11 is 0. The van der Waals surface area contributed by atoms with Gasteiger partial charge >= 0.3 is 12.1 Å². The normalized spacial score (nSPS) is 28.7. The summed E-state index contributed by atoms with van der Waals surface area (Å²) < 4.78 is 23.6.